The van der Waals surface area contributed by atoms with Crippen LogP contribution in [0.4, 0.5) is 0 Å². The van der Waals surface area contributed by atoms with Crippen molar-refractivity contribution in [2.45, 2.75) is 91.8 Å². The lowest BCUT2D eigenvalue weighted by Gasteiger charge is -2.30. The second-order valence-corrected chi connectivity index (χ2v) is 8.16. The first-order valence-electron chi connectivity index (χ1n) is 10.8. The minimum atomic E-state index is 0.102. The van der Waals surface area contributed by atoms with Crippen LogP contribution in [0.1, 0.15) is 73.6 Å². The lowest BCUT2D eigenvalue weighted by molar-refractivity contribution is -0.126. The van der Waals surface area contributed by atoms with Crippen LogP contribution in [0.2, 0.25) is 0 Å². The summed E-state index contributed by atoms with van der Waals surface area (Å²) < 4.78 is 5.81. The van der Waals surface area contributed by atoms with Crippen LogP contribution in [0.25, 0.3) is 0 Å². The Morgan fingerprint density at radius 1 is 1.19 bits per heavy atom. The van der Waals surface area contributed by atoms with Gasteiger partial charge in [-0.25, -0.2) is 0 Å². The van der Waals surface area contributed by atoms with Gasteiger partial charge >= 0.3 is 0 Å². The summed E-state index contributed by atoms with van der Waals surface area (Å²) in [6.07, 6.45) is 5.19. The van der Waals surface area contributed by atoms with Crippen LogP contribution >= 0.6 is 0 Å². The fourth-order valence-electron chi connectivity index (χ4n) is 3.60. The number of amides is 1. The first kappa shape index (κ1) is 23.7. The zero-order valence-corrected chi connectivity index (χ0v) is 18.3. The largest absolute Gasteiger partial charge is 0.378 e. The summed E-state index contributed by atoms with van der Waals surface area (Å²) in [5.74, 6) is 1.64. The van der Waals surface area contributed by atoms with Gasteiger partial charge in [-0.1, -0.05) is 20.3 Å². The molecule has 0 heterocycles. The van der Waals surface area contributed by atoms with Crippen LogP contribution in [0.5, 0.6) is 0 Å². The standard InChI is InChI=1S/C21H42N4O2/c1-7-22-21(23-13-12-19(15(3)4)27-8-2)25-18-11-9-10-17(14-18)20(26)24-16(5)6/h15-19H,7-14H2,1-6H3,(H,24,26)(H2,22,23,25). The van der Waals surface area contributed by atoms with E-state index in [1.807, 2.05) is 20.8 Å². The highest BCUT2D eigenvalue weighted by atomic mass is 16.5. The van der Waals surface area contributed by atoms with Crippen molar-refractivity contribution in [1.82, 2.24) is 16.0 Å². The van der Waals surface area contributed by atoms with E-state index >= 15 is 0 Å². The van der Waals surface area contributed by atoms with E-state index < -0.39 is 0 Å². The van der Waals surface area contributed by atoms with Crippen LogP contribution in [0.15, 0.2) is 4.99 Å². The first-order chi connectivity index (χ1) is 12.9. The van der Waals surface area contributed by atoms with Crippen LogP contribution in [-0.2, 0) is 9.53 Å². The second-order valence-electron chi connectivity index (χ2n) is 8.16. The molecule has 1 fully saturated rings. The highest BCUT2D eigenvalue weighted by molar-refractivity contribution is 5.81. The Balaban J connectivity index is 2.57. The number of carbonyl (C=O) groups is 1. The van der Waals surface area contributed by atoms with Gasteiger partial charge in [0.2, 0.25) is 5.91 Å². The summed E-state index contributed by atoms with van der Waals surface area (Å²) in [6.45, 7) is 14.8. The maximum atomic E-state index is 12.3. The molecule has 1 aliphatic rings. The Morgan fingerprint density at radius 2 is 1.93 bits per heavy atom. The second kappa shape index (κ2) is 13.0. The van der Waals surface area contributed by atoms with E-state index in [-0.39, 0.29) is 24.0 Å². The molecule has 0 aromatic rings. The van der Waals surface area contributed by atoms with Gasteiger partial charge in [-0.15, -0.1) is 0 Å². The van der Waals surface area contributed by atoms with Gasteiger partial charge in [-0.05, 0) is 59.3 Å². The van der Waals surface area contributed by atoms with Crippen molar-refractivity contribution in [2.75, 3.05) is 19.7 Å². The third-order valence-corrected chi connectivity index (χ3v) is 4.97. The van der Waals surface area contributed by atoms with Gasteiger partial charge in [0.15, 0.2) is 5.96 Å². The highest BCUT2D eigenvalue weighted by Gasteiger charge is 2.28. The molecule has 1 aliphatic carbocycles. The van der Waals surface area contributed by atoms with Gasteiger partial charge in [-0.2, -0.15) is 0 Å². The Labute approximate surface area is 166 Å². The number of nitrogens with one attached hydrogen (secondary N) is 3. The lowest BCUT2D eigenvalue weighted by Crippen LogP contribution is -2.47. The topological polar surface area (TPSA) is 74.8 Å². The fourth-order valence-corrected chi connectivity index (χ4v) is 3.60. The SMILES string of the molecule is CCNC(=NCCC(OCC)C(C)C)NC1CCCC(C(=O)NC(C)C)C1. The number of nitrogens with zero attached hydrogens (tertiary/aromatic N) is 1. The summed E-state index contributed by atoms with van der Waals surface area (Å²) in [5, 5.41) is 9.94. The van der Waals surface area contributed by atoms with Crippen molar-refractivity contribution in [3.63, 3.8) is 0 Å². The van der Waals surface area contributed by atoms with Crippen molar-refractivity contribution in [3.8, 4) is 0 Å². The van der Waals surface area contributed by atoms with E-state index in [9.17, 15) is 4.79 Å². The average Bonchev–Trinajstić information content (AvgIpc) is 2.60. The minimum absolute atomic E-state index is 0.102. The van der Waals surface area contributed by atoms with Gasteiger partial charge in [0, 0.05) is 37.7 Å². The molecule has 158 valence electrons. The van der Waals surface area contributed by atoms with E-state index in [0.717, 1.165) is 57.8 Å². The zero-order chi connectivity index (χ0) is 20.2. The number of ether oxygens (including phenoxy) is 1. The molecule has 1 saturated carbocycles. The predicted molar refractivity (Wildman–Crippen MR) is 113 cm³/mol. The van der Waals surface area contributed by atoms with E-state index in [1.165, 1.54) is 0 Å². The normalized spacial score (nSPS) is 22.0. The Kier molecular flexibility index (Phi) is 11.4. The molecule has 0 radical (unpaired) electrons. The summed E-state index contributed by atoms with van der Waals surface area (Å²) in [7, 11) is 0. The smallest absolute Gasteiger partial charge is 0.223 e. The fraction of sp³-hybridized carbons (Fsp3) is 0.905. The molecule has 3 atom stereocenters. The highest BCUT2D eigenvalue weighted by Crippen LogP contribution is 2.24. The van der Waals surface area contributed by atoms with E-state index in [1.54, 1.807) is 0 Å². The molecular formula is C21H42N4O2. The molecule has 27 heavy (non-hydrogen) atoms. The molecule has 0 bridgehead atoms. The summed E-state index contributed by atoms with van der Waals surface area (Å²) >= 11 is 0. The third-order valence-electron chi connectivity index (χ3n) is 4.97. The van der Waals surface area contributed by atoms with Crippen molar-refractivity contribution in [1.29, 1.82) is 0 Å². The molecule has 3 unspecified atom stereocenters. The van der Waals surface area contributed by atoms with Gasteiger partial charge < -0.3 is 20.7 Å². The lowest BCUT2D eigenvalue weighted by atomic mass is 9.85. The Morgan fingerprint density at radius 3 is 2.52 bits per heavy atom. The first-order valence-corrected chi connectivity index (χ1v) is 10.8. The number of hydrogen-bond donors (Lipinski definition) is 3. The van der Waals surface area contributed by atoms with E-state index in [0.29, 0.717) is 12.0 Å². The van der Waals surface area contributed by atoms with Crippen molar-refractivity contribution >= 4 is 11.9 Å². The van der Waals surface area contributed by atoms with Crippen LogP contribution in [0.3, 0.4) is 0 Å². The average molecular weight is 383 g/mol. The summed E-state index contributed by atoms with van der Waals surface area (Å²) in [6, 6.07) is 0.496. The molecule has 0 spiro atoms. The number of rotatable bonds is 10. The van der Waals surface area contributed by atoms with E-state index in [4.69, 9.17) is 9.73 Å². The maximum absolute atomic E-state index is 12.3. The monoisotopic (exact) mass is 382 g/mol. The molecule has 1 rings (SSSR count). The van der Waals surface area contributed by atoms with Gasteiger partial charge in [0.25, 0.3) is 0 Å². The molecular weight excluding hydrogens is 340 g/mol. The van der Waals surface area contributed by atoms with E-state index in [2.05, 4.69) is 36.7 Å². The van der Waals surface area contributed by atoms with Crippen molar-refractivity contribution in [3.05, 3.63) is 0 Å². The summed E-state index contributed by atoms with van der Waals surface area (Å²) in [5.41, 5.74) is 0. The Bertz CT molecular complexity index is 451. The van der Waals surface area contributed by atoms with Crippen molar-refractivity contribution < 1.29 is 9.53 Å². The molecule has 0 aromatic carbocycles. The number of hydrogen-bond acceptors (Lipinski definition) is 3. The molecule has 0 saturated heterocycles. The molecule has 0 aromatic heterocycles. The van der Waals surface area contributed by atoms with Gasteiger partial charge in [0.1, 0.15) is 0 Å². The van der Waals surface area contributed by atoms with Crippen LogP contribution < -0.4 is 16.0 Å². The number of guanidine groups is 1. The molecule has 3 N–H and O–H groups in total. The molecule has 6 heteroatoms. The summed E-state index contributed by atoms with van der Waals surface area (Å²) in [4.78, 5) is 17.1. The Hall–Kier alpha value is -1.30. The molecule has 0 aliphatic heterocycles. The predicted octanol–water partition coefficient (Wildman–Crippen LogP) is 3.08. The third kappa shape index (κ3) is 9.45. The maximum Gasteiger partial charge on any atom is 0.223 e. The number of aliphatic imine (C=N–C) groups is 1. The number of carbonyl (C=O) groups excluding carboxylic acids is 1. The molecule has 1 amide bonds. The van der Waals surface area contributed by atoms with Gasteiger partial charge in [-0.3, -0.25) is 9.79 Å². The van der Waals surface area contributed by atoms with Crippen LogP contribution in [0, 0.1) is 11.8 Å². The van der Waals surface area contributed by atoms with Crippen molar-refractivity contribution in [2.24, 2.45) is 16.8 Å². The van der Waals surface area contributed by atoms with Crippen LogP contribution in [-0.4, -0.2) is 49.8 Å². The minimum Gasteiger partial charge on any atom is -0.378 e. The molecule has 6 nitrogen and oxygen atoms in total. The quantitative estimate of drug-likeness (QED) is 0.401. The zero-order valence-electron chi connectivity index (χ0n) is 18.3. The van der Waals surface area contributed by atoms with Gasteiger partial charge in [0.05, 0.1) is 6.10 Å².